The molecule has 1 unspecified atom stereocenters. The van der Waals surface area contributed by atoms with Gasteiger partial charge < -0.3 is 41.5 Å². The summed E-state index contributed by atoms with van der Waals surface area (Å²) in [4.78, 5) is 32.6. The van der Waals surface area contributed by atoms with Crippen LogP contribution in [0, 0.1) is 5.82 Å². The third-order valence-corrected chi connectivity index (χ3v) is 8.84. The number of rotatable bonds is 18. The maximum Gasteiger partial charge on any atom is 0.293 e. The van der Waals surface area contributed by atoms with Crippen molar-refractivity contribution in [3.63, 3.8) is 0 Å². The molecule has 0 fully saturated rings. The average molecular weight is 829 g/mol. The lowest BCUT2D eigenvalue weighted by Crippen LogP contribution is -2.26. The Bertz CT molecular complexity index is 2150. The van der Waals surface area contributed by atoms with Crippen LogP contribution in [0.25, 0.3) is 35.4 Å². The lowest BCUT2D eigenvalue weighted by molar-refractivity contribution is -0.129. The molecular weight excluding hydrogens is 760 g/mol. The quantitative estimate of drug-likeness (QED) is 0.0370. The molecule has 60 heavy (non-hydrogen) atoms. The van der Waals surface area contributed by atoms with E-state index >= 15 is 0 Å². The Hall–Kier alpha value is -5.95. The van der Waals surface area contributed by atoms with E-state index in [1.807, 2.05) is 44.3 Å². The number of nitrogens with one attached hydrogen (secondary N) is 1. The number of aromatic nitrogens is 3. The van der Waals surface area contributed by atoms with Gasteiger partial charge in [-0.1, -0.05) is 73.4 Å². The second-order valence-electron chi connectivity index (χ2n) is 13.9. The molecule has 0 saturated carbocycles. The second-order valence-corrected chi connectivity index (χ2v) is 13.9. The number of carbonyl (C=O) groups excluding carboxylic acids is 1. The fourth-order valence-corrected chi connectivity index (χ4v) is 6.18. The van der Waals surface area contributed by atoms with E-state index < -0.39 is 6.10 Å². The second kappa shape index (κ2) is 28.5. The third-order valence-electron chi connectivity index (χ3n) is 8.84. The number of hydrogen-bond donors (Lipinski definition) is 5. The fraction of sp³-hybridized carbons (Fsp3) is 0.404. The summed E-state index contributed by atoms with van der Waals surface area (Å²) < 4.78 is 23.3. The van der Waals surface area contributed by atoms with Crippen molar-refractivity contribution in [2.75, 3.05) is 13.1 Å². The number of ether oxygens (including phenoxy) is 1. The summed E-state index contributed by atoms with van der Waals surface area (Å²) in [5.41, 5.74) is 19.4. The predicted molar refractivity (Wildman–Crippen MR) is 248 cm³/mol. The predicted octanol–water partition coefficient (Wildman–Crippen LogP) is 6.58. The Morgan fingerprint density at radius 3 is 2.30 bits per heavy atom. The zero-order valence-electron chi connectivity index (χ0n) is 36.6. The van der Waals surface area contributed by atoms with Gasteiger partial charge in [0.25, 0.3) is 12.0 Å². The molecule has 4 aromatic rings. The molecule has 3 aromatic heterocycles. The zero-order chi connectivity index (χ0) is 45.2. The molecule has 0 radical (unpaired) electrons. The topological polar surface area (TPSA) is 189 Å². The van der Waals surface area contributed by atoms with Crippen molar-refractivity contribution in [3.8, 4) is 11.4 Å². The molecular formula is C47H69FN8O4. The zero-order valence-corrected chi connectivity index (χ0v) is 36.6. The first-order valence-electron chi connectivity index (χ1n) is 20.6. The van der Waals surface area contributed by atoms with Crippen LogP contribution in [0.15, 0.2) is 83.6 Å². The Labute approximate surface area is 355 Å². The van der Waals surface area contributed by atoms with Crippen molar-refractivity contribution in [1.29, 1.82) is 0 Å². The van der Waals surface area contributed by atoms with Gasteiger partial charge in [0.05, 0.1) is 47.5 Å². The van der Waals surface area contributed by atoms with Crippen molar-refractivity contribution >= 4 is 36.7 Å². The third kappa shape index (κ3) is 16.7. The molecule has 328 valence electrons. The van der Waals surface area contributed by atoms with Crippen LogP contribution < -0.4 is 38.8 Å². The summed E-state index contributed by atoms with van der Waals surface area (Å²) >= 11 is 0. The highest BCUT2D eigenvalue weighted by molar-refractivity contribution is 5.84. The van der Waals surface area contributed by atoms with Gasteiger partial charge in [-0.3, -0.25) is 14.6 Å². The number of unbranched alkanes of at least 4 members (excludes halogenated alkanes) is 4. The van der Waals surface area contributed by atoms with Gasteiger partial charge in [0.15, 0.2) is 0 Å². The minimum Gasteiger partial charge on any atom is -0.463 e. The molecule has 1 aromatic carbocycles. The van der Waals surface area contributed by atoms with Crippen LogP contribution in [0.2, 0.25) is 0 Å². The van der Waals surface area contributed by atoms with E-state index in [0.717, 1.165) is 60.3 Å². The van der Waals surface area contributed by atoms with Crippen molar-refractivity contribution in [2.24, 2.45) is 22.2 Å². The van der Waals surface area contributed by atoms with E-state index in [1.54, 1.807) is 17.6 Å². The number of aliphatic hydroxyl groups is 1. The van der Waals surface area contributed by atoms with Gasteiger partial charge in [0.2, 0.25) is 0 Å². The number of carbonyl (C=O) groups is 1. The lowest BCUT2D eigenvalue weighted by Gasteiger charge is -2.14. The summed E-state index contributed by atoms with van der Waals surface area (Å²) in [5.74, 6) is 0.0958. The number of nitrogens with two attached hydrogens (primary N) is 3. The van der Waals surface area contributed by atoms with Gasteiger partial charge in [0, 0.05) is 46.5 Å². The van der Waals surface area contributed by atoms with Crippen molar-refractivity contribution in [3.05, 3.63) is 123 Å². The lowest BCUT2D eigenvalue weighted by atomic mass is 10.0. The minimum atomic E-state index is -0.938. The maximum absolute atomic E-state index is 14.8. The molecule has 1 aliphatic heterocycles. The highest BCUT2D eigenvalue weighted by Crippen LogP contribution is 2.34. The number of aryl methyl sites for hydroxylation is 1. The number of hydrogen-bond acceptors (Lipinski definition) is 10. The fourth-order valence-electron chi connectivity index (χ4n) is 6.18. The van der Waals surface area contributed by atoms with Crippen LogP contribution in [-0.2, 0) is 35.6 Å². The Morgan fingerprint density at radius 2 is 1.72 bits per heavy atom. The summed E-state index contributed by atoms with van der Waals surface area (Å²) in [6.45, 7) is 30.6. The van der Waals surface area contributed by atoms with Crippen LogP contribution in [0.4, 0.5) is 4.39 Å². The summed E-state index contributed by atoms with van der Waals surface area (Å²) in [6.07, 6.45) is 10.2. The molecule has 0 spiro atoms. The number of pyridine rings is 2. The number of nitrogens with zero attached hydrogens (tertiary/aromatic N) is 4. The van der Waals surface area contributed by atoms with E-state index in [-0.39, 0.29) is 30.0 Å². The number of halogens is 1. The largest absolute Gasteiger partial charge is 0.463 e. The summed E-state index contributed by atoms with van der Waals surface area (Å²) in [5, 5.41) is 16.0. The minimum absolute atomic E-state index is 0.224. The molecule has 8 N–H and O–H groups in total. The number of aliphatic imine (C=N–C) groups is 1. The first kappa shape index (κ1) is 52.1. The molecule has 12 nitrogen and oxygen atoms in total. The molecule has 4 heterocycles. The highest BCUT2D eigenvalue weighted by atomic mass is 19.1. The number of benzene rings is 1. The monoisotopic (exact) mass is 829 g/mol. The smallest absolute Gasteiger partial charge is 0.293 e. The van der Waals surface area contributed by atoms with E-state index in [0.29, 0.717) is 65.6 Å². The summed E-state index contributed by atoms with van der Waals surface area (Å²) in [7, 11) is 0. The standard InChI is InChI=1S/C25H27FN4O4.C15H23N3.C3H8.C2H5N.C2H6/c1-14(32)19-9-23-24-18(11-30(23)25(33)20(19)12-34-13-31)8-17-7-16(21(26)10-22(17)29-24)5-3-4-6-28-15(2)27;1-13(16)12-17-10-6-4-5-7-11-18-14(2)8-9-15(18)3;1-3-2;1-2-3;1-2/h7-10,13-14,28,32H,2-6,11-12,27H2,1H3;8-10H,1-7,11-12,16H2;3H2,1-2H3;2H,1,3H2;1-2H3. The number of fused-ring (bicyclic) bond motifs is 4. The average Bonchev–Trinajstić information content (AvgIpc) is 3.73. The number of aliphatic hydroxyl groups excluding tert-OH is 1. The molecule has 5 rings (SSSR count). The molecule has 1 atom stereocenters. The Kier molecular flexibility index (Phi) is 24.7. The first-order chi connectivity index (χ1) is 28.7. The van der Waals surface area contributed by atoms with Gasteiger partial charge in [-0.2, -0.15) is 0 Å². The van der Waals surface area contributed by atoms with E-state index in [9.17, 15) is 19.1 Å². The van der Waals surface area contributed by atoms with Gasteiger partial charge in [0.1, 0.15) is 12.4 Å². The van der Waals surface area contributed by atoms with Gasteiger partial charge >= 0.3 is 0 Å². The molecule has 0 amide bonds. The molecule has 0 bridgehead atoms. The van der Waals surface area contributed by atoms with Gasteiger partial charge in [-0.25, -0.2) is 9.37 Å². The SMILES string of the molecule is C=C(N)CN=CCCCCCn1c(=C)ccc1=C.C=C(N)NCCCCc1cc2cc3c(nc2cc1F)-c1cc(C(C)O)c(COC=O)c(=O)n1C3.C=CN.CC.CCC. The van der Waals surface area contributed by atoms with Crippen molar-refractivity contribution < 1.29 is 19.0 Å². The Morgan fingerprint density at radius 1 is 1.07 bits per heavy atom. The summed E-state index contributed by atoms with van der Waals surface area (Å²) in [6, 6.07) is 10.9. The van der Waals surface area contributed by atoms with Crippen molar-refractivity contribution in [2.45, 2.75) is 112 Å². The first-order valence-corrected chi connectivity index (χ1v) is 20.6. The van der Waals surface area contributed by atoms with E-state index in [1.165, 1.54) is 25.1 Å². The van der Waals surface area contributed by atoms with Crippen LogP contribution >= 0.6 is 0 Å². The van der Waals surface area contributed by atoms with Gasteiger partial charge in [-0.15, -0.1) is 0 Å². The van der Waals surface area contributed by atoms with Crippen LogP contribution in [0.3, 0.4) is 0 Å². The highest BCUT2D eigenvalue weighted by Gasteiger charge is 2.27. The normalized spacial score (nSPS) is 11.2. The van der Waals surface area contributed by atoms with Crippen LogP contribution in [-0.4, -0.2) is 45.0 Å². The molecule has 13 heteroatoms. The van der Waals surface area contributed by atoms with Gasteiger partial charge in [-0.05, 0) is 99.3 Å². The van der Waals surface area contributed by atoms with E-state index in [4.69, 9.17) is 16.2 Å². The van der Waals surface area contributed by atoms with E-state index in [2.05, 4.69) is 72.3 Å². The molecule has 0 saturated heterocycles. The maximum atomic E-state index is 14.8. The molecule has 1 aliphatic rings. The van der Waals surface area contributed by atoms with Crippen LogP contribution in [0.5, 0.6) is 0 Å². The molecule has 0 aliphatic carbocycles. The van der Waals surface area contributed by atoms with Crippen LogP contribution in [0.1, 0.15) is 108 Å². The van der Waals surface area contributed by atoms with Crippen molar-refractivity contribution in [1.82, 2.24) is 19.4 Å². The Balaban J connectivity index is 0.000000582.